The molecule has 86 valence electrons. The normalized spacial score (nSPS) is 17.0. The Morgan fingerprint density at radius 1 is 1.21 bits per heavy atom. The van der Waals surface area contributed by atoms with E-state index < -0.39 is 10.0 Å². The van der Waals surface area contributed by atoms with Gasteiger partial charge in [-0.25, -0.2) is 13.1 Å². The van der Waals surface area contributed by atoms with Crippen molar-refractivity contribution in [3.63, 3.8) is 0 Å². The highest BCUT2D eigenvalue weighted by molar-refractivity contribution is 7.89. The zero-order valence-corrected chi connectivity index (χ0v) is 10.3. The Labute approximate surface area is 87.3 Å². The maximum Gasteiger partial charge on any atom is 0.212 e. The summed E-state index contributed by atoms with van der Waals surface area (Å²) in [6, 6.07) is -0.0644. The van der Waals surface area contributed by atoms with E-state index in [4.69, 9.17) is 5.73 Å². The third kappa shape index (κ3) is 7.29. The lowest BCUT2D eigenvalue weighted by Gasteiger charge is -2.16. The Hall–Kier alpha value is -0.130. The Morgan fingerprint density at radius 3 is 2.07 bits per heavy atom. The number of rotatable bonds is 6. The Morgan fingerprint density at radius 2 is 1.71 bits per heavy atom. The minimum absolute atomic E-state index is 0.0201. The predicted octanol–water partition coefficient (Wildman–Crippen LogP) is 0.688. The molecule has 0 aromatic carbocycles. The quantitative estimate of drug-likeness (QED) is 0.694. The fourth-order valence-corrected chi connectivity index (χ4v) is 3.08. The molecule has 0 fully saturated rings. The largest absolute Gasteiger partial charge is 0.328 e. The second-order valence-corrected chi connectivity index (χ2v) is 6.21. The van der Waals surface area contributed by atoms with E-state index in [1.807, 2.05) is 27.7 Å². The highest BCUT2D eigenvalue weighted by atomic mass is 32.2. The number of hydrogen-bond donors (Lipinski definition) is 2. The Balaban J connectivity index is 4.09. The molecule has 3 N–H and O–H groups in total. The van der Waals surface area contributed by atoms with Gasteiger partial charge in [-0.1, -0.05) is 13.8 Å². The summed E-state index contributed by atoms with van der Waals surface area (Å²) >= 11 is 0. The van der Waals surface area contributed by atoms with Gasteiger partial charge < -0.3 is 5.73 Å². The highest BCUT2D eigenvalue weighted by Crippen LogP contribution is 2.01. The number of hydrogen-bond acceptors (Lipinski definition) is 3. The van der Waals surface area contributed by atoms with Crippen LogP contribution < -0.4 is 10.5 Å². The fourth-order valence-electron chi connectivity index (χ4n) is 1.40. The van der Waals surface area contributed by atoms with Crippen LogP contribution in [0.15, 0.2) is 0 Å². The molecule has 0 aromatic rings. The van der Waals surface area contributed by atoms with Crippen LogP contribution in [0.4, 0.5) is 0 Å². The first-order chi connectivity index (χ1) is 6.23. The lowest BCUT2D eigenvalue weighted by molar-refractivity contribution is 0.514. The van der Waals surface area contributed by atoms with Crippen molar-refractivity contribution in [3.8, 4) is 0 Å². The summed E-state index contributed by atoms with van der Waals surface area (Å²) in [5.74, 6) is 0.325. The van der Waals surface area contributed by atoms with Crippen molar-refractivity contribution in [2.24, 2.45) is 11.7 Å². The SMILES string of the molecule is CC(C)CS(=O)(=O)NC(C)CC(C)N. The first-order valence-corrected chi connectivity index (χ1v) is 6.63. The van der Waals surface area contributed by atoms with Crippen LogP contribution in [-0.4, -0.2) is 26.3 Å². The number of nitrogens with one attached hydrogen (secondary N) is 1. The third-order valence-electron chi connectivity index (χ3n) is 1.66. The van der Waals surface area contributed by atoms with Gasteiger partial charge in [0.2, 0.25) is 10.0 Å². The summed E-state index contributed by atoms with van der Waals surface area (Å²) in [7, 11) is -3.13. The molecular weight excluding hydrogens is 200 g/mol. The lowest BCUT2D eigenvalue weighted by atomic mass is 10.1. The molecule has 2 atom stereocenters. The summed E-state index contributed by atoms with van der Waals surface area (Å²) in [4.78, 5) is 0. The maximum absolute atomic E-state index is 11.5. The highest BCUT2D eigenvalue weighted by Gasteiger charge is 2.16. The van der Waals surface area contributed by atoms with Crippen LogP contribution in [0.1, 0.15) is 34.1 Å². The van der Waals surface area contributed by atoms with Crippen LogP contribution >= 0.6 is 0 Å². The van der Waals surface area contributed by atoms with Crippen LogP contribution in [0.3, 0.4) is 0 Å². The minimum Gasteiger partial charge on any atom is -0.328 e. The second-order valence-electron chi connectivity index (χ2n) is 4.41. The van der Waals surface area contributed by atoms with Gasteiger partial charge in [-0.15, -0.1) is 0 Å². The molecule has 2 unspecified atom stereocenters. The molecule has 0 amide bonds. The van der Waals surface area contributed by atoms with Gasteiger partial charge in [0.05, 0.1) is 5.75 Å². The summed E-state index contributed by atoms with van der Waals surface area (Å²) in [5.41, 5.74) is 5.58. The molecule has 4 nitrogen and oxygen atoms in total. The van der Waals surface area contributed by atoms with Crippen molar-refractivity contribution < 1.29 is 8.42 Å². The van der Waals surface area contributed by atoms with Crippen molar-refractivity contribution in [1.29, 1.82) is 0 Å². The second kappa shape index (κ2) is 5.68. The predicted molar refractivity (Wildman–Crippen MR) is 59.5 cm³/mol. The van der Waals surface area contributed by atoms with Crippen molar-refractivity contribution in [3.05, 3.63) is 0 Å². The van der Waals surface area contributed by atoms with Crippen LogP contribution in [0.25, 0.3) is 0 Å². The zero-order valence-electron chi connectivity index (χ0n) is 9.45. The van der Waals surface area contributed by atoms with Gasteiger partial charge in [0.25, 0.3) is 0 Å². The first kappa shape index (κ1) is 13.9. The molecule has 0 rings (SSSR count). The van der Waals surface area contributed by atoms with Gasteiger partial charge >= 0.3 is 0 Å². The minimum atomic E-state index is -3.13. The summed E-state index contributed by atoms with van der Waals surface area (Å²) in [6.45, 7) is 7.47. The smallest absolute Gasteiger partial charge is 0.212 e. The van der Waals surface area contributed by atoms with E-state index in [1.54, 1.807) is 0 Å². The van der Waals surface area contributed by atoms with Crippen LogP contribution in [-0.2, 0) is 10.0 Å². The van der Waals surface area contributed by atoms with Crippen molar-refractivity contribution in [2.45, 2.75) is 46.2 Å². The number of nitrogens with two attached hydrogens (primary N) is 1. The van der Waals surface area contributed by atoms with Gasteiger partial charge in [-0.3, -0.25) is 0 Å². The molecular formula is C9H22N2O2S. The van der Waals surface area contributed by atoms with Gasteiger partial charge in [0, 0.05) is 12.1 Å². The molecule has 0 saturated carbocycles. The van der Waals surface area contributed by atoms with Crippen LogP contribution in [0.2, 0.25) is 0 Å². The maximum atomic E-state index is 11.5. The Kier molecular flexibility index (Phi) is 5.63. The molecule has 5 heteroatoms. The fraction of sp³-hybridized carbons (Fsp3) is 1.00. The zero-order chi connectivity index (χ0) is 11.4. The molecule has 0 saturated heterocycles. The van der Waals surface area contributed by atoms with Crippen LogP contribution in [0.5, 0.6) is 0 Å². The van der Waals surface area contributed by atoms with E-state index in [-0.39, 0.29) is 23.8 Å². The molecule has 0 aliphatic rings. The van der Waals surface area contributed by atoms with Gasteiger partial charge in [0.1, 0.15) is 0 Å². The lowest BCUT2D eigenvalue weighted by Crippen LogP contribution is -2.38. The molecule has 0 aliphatic carbocycles. The van der Waals surface area contributed by atoms with E-state index in [0.29, 0.717) is 6.42 Å². The molecule has 0 aliphatic heterocycles. The standard InChI is InChI=1S/C9H22N2O2S/c1-7(2)6-14(12,13)11-9(4)5-8(3)10/h7-9,11H,5-6,10H2,1-4H3. The summed E-state index contributed by atoms with van der Waals surface area (Å²) < 4.78 is 25.6. The molecule has 0 aromatic heterocycles. The van der Waals surface area contributed by atoms with E-state index in [1.165, 1.54) is 0 Å². The molecule has 0 heterocycles. The van der Waals surface area contributed by atoms with E-state index in [2.05, 4.69) is 4.72 Å². The van der Waals surface area contributed by atoms with Gasteiger partial charge in [-0.05, 0) is 26.2 Å². The average molecular weight is 222 g/mol. The topological polar surface area (TPSA) is 72.2 Å². The molecule has 0 bridgehead atoms. The molecule has 14 heavy (non-hydrogen) atoms. The van der Waals surface area contributed by atoms with E-state index >= 15 is 0 Å². The van der Waals surface area contributed by atoms with E-state index in [9.17, 15) is 8.42 Å². The Bertz CT molecular complexity index is 248. The van der Waals surface area contributed by atoms with Crippen molar-refractivity contribution >= 4 is 10.0 Å². The summed E-state index contributed by atoms with van der Waals surface area (Å²) in [5, 5.41) is 0. The van der Waals surface area contributed by atoms with Crippen LogP contribution in [0, 0.1) is 5.92 Å². The summed E-state index contributed by atoms with van der Waals surface area (Å²) in [6.07, 6.45) is 0.664. The van der Waals surface area contributed by atoms with Crippen molar-refractivity contribution in [1.82, 2.24) is 4.72 Å². The molecule has 0 spiro atoms. The number of sulfonamides is 1. The van der Waals surface area contributed by atoms with E-state index in [0.717, 1.165) is 0 Å². The molecule has 0 radical (unpaired) electrons. The van der Waals surface area contributed by atoms with Crippen molar-refractivity contribution in [2.75, 3.05) is 5.75 Å². The first-order valence-electron chi connectivity index (χ1n) is 4.98. The average Bonchev–Trinajstić information content (AvgIpc) is 1.77. The van der Waals surface area contributed by atoms with Gasteiger partial charge in [-0.2, -0.15) is 0 Å². The third-order valence-corrected chi connectivity index (χ3v) is 3.53. The monoisotopic (exact) mass is 222 g/mol. The van der Waals surface area contributed by atoms with Gasteiger partial charge in [0.15, 0.2) is 0 Å².